The normalized spacial score (nSPS) is 18.4. The molecular weight excluding hydrogens is 276 g/mol. The van der Waals surface area contributed by atoms with Crippen LogP contribution in [0.5, 0.6) is 0 Å². The molecule has 20 heavy (non-hydrogen) atoms. The first-order valence-electron chi connectivity index (χ1n) is 6.95. The minimum absolute atomic E-state index is 0.143. The number of anilines is 2. The summed E-state index contributed by atoms with van der Waals surface area (Å²) in [6.45, 7) is 6.32. The molecule has 0 spiro atoms. The topological polar surface area (TPSA) is 89.3 Å². The van der Waals surface area contributed by atoms with E-state index in [9.17, 15) is 4.79 Å². The van der Waals surface area contributed by atoms with Gasteiger partial charge < -0.3 is 21.1 Å². The summed E-state index contributed by atoms with van der Waals surface area (Å²) in [5.74, 6) is 0.711. The molecule has 2 heterocycles. The van der Waals surface area contributed by atoms with Gasteiger partial charge in [0.25, 0.3) is 5.91 Å². The number of amides is 1. The zero-order valence-electron chi connectivity index (χ0n) is 11.9. The highest BCUT2D eigenvalue weighted by atomic mass is 32.1. The summed E-state index contributed by atoms with van der Waals surface area (Å²) in [5.41, 5.74) is 5.79. The third-order valence-corrected chi connectivity index (χ3v) is 4.14. The van der Waals surface area contributed by atoms with Crippen LogP contribution in [0, 0.1) is 5.92 Å². The number of carbonyl (C=O) groups excluding carboxylic acids is 1. The molecule has 1 aliphatic heterocycles. The number of carbonyl (C=O) groups is 1. The van der Waals surface area contributed by atoms with Gasteiger partial charge in [-0.2, -0.15) is 0 Å². The van der Waals surface area contributed by atoms with Crippen molar-refractivity contribution in [3.05, 3.63) is 4.88 Å². The van der Waals surface area contributed by atoms with Crippen LogP contribution in [0.15, 0.2) is 0 Å². The zero-order chi connectivity index (χ0) is 14.5. The number of ether oxygens (including phenoxy) is 1. The molecular formula is C13H22N4O2S. The van der Waals surface area contributed by atoms with E-state index < -0.39 is 0 Å². The molecule has 1 fully saturated rings. The van der Waals surface area contributed by atoms with Gasteiger partial charge in [0.1, 0.15) is 10.7 Å². The molecule has 0 aliphatic carbocycles. The van der Waals surface area contributed by atoms with E-state index in [4.69, 9.17) is 10.5 Å². The Morgan fingerprint density at radius 2 is 2.40 bits per heavy atom. The summed E-state index contributed by atoms with van der Waals surface area (Å²) in [7, 11) is 0. The van der Waals surface area contributed by atoms with E-state index in [2.05, 4.69) is 15.6 Å². The number of nitrogens with two attached hydrogens (primary N) is 1. The van der Waals surface area contributed by atoms with E-state index >= 15 is 0 Å². The molecule has 0 saturated carbocycles. The molecule has 0 aromatic carbocycles. The average Bonchev–Trinajstić information content (AvgIpc) is 2.98. The largest absolute Gasteiger partial charge is 0.382 e. The van der Waals surface area contributed by atoms with E-state index in [0.29, 0.717) is 28.3 Å². The van der Waals surface area contributed by atoms with Crippen LogP contribution in [0.25, 0.3) is 0 Å². The van der Waals surface area contributed by atoms with E-state index in [-0.39, 0.29) is 11.9 Å². The Morgan fingerprint density at radius 3 is 3.05 bits per heavy atom. The zero-order valence-corrected chi connectivity index (χ0v) is 12.8. The molecule has 1 atom stereocenters. The Morgan fingerprint density at radius 1 is 1.60 bits per heavy atom. The second-order valence-electron chi connectivity index (χ2n) is 5.31. The molecule has 0 radical (unpaired) electrons. The highest BCUT2D eigenvalue weighted by molar-refractivity contribution is 7.18. The number of thiazole rings is 1. The molecule has 4 N–H and O–H groups in total. The fourth-order valence-electron chi connectivity index (χ4n) is 2.08. The van der Waals surface area contributed by atoms with Crippen molar-refractivity contribution in [2.24, 2.45) is 5.92 Å². The average molecular weight is 298 g/mol. The quantitative estimate of drug-likeness (QED) is 0.744. The van der Waals surface area contributed by atoms with Gasteiger partial charge in [0.2, 0.25) is 0 Å². The van der Waals surface area contributed by atoms with Crippen molar-refractivity contribution in [1.29, 1.82) is 0 Å². The Kier molecular flexibility index (Phi) is 5.19. The maximum atomic E-state index is 12.1. The summed E-state index contributed by atoms with van der Waals surface area (Å²) in [5, 5.41) is 6.74. The fraction of sp³-hybridized carbons (Fsp3) is 0.692. The lowest BCUT2D eigenvalue weighted by Crippen LogP contribution is -2.26. The van der Waals surface area contributed by atoms with Gasteiger partial charge in [-0.1, -0.05) is 11.3 Å². The number of nitrogen functional groups attached to an aromatic ring is 1. The standard InChI is InChI=1S/C13H22N4O2S/c1-8(2)16-13-17-11(14)10(20-13)12(18)15-5-3-9-4-6-19-7-9/h8-9H,3-7,14H2,1-2H3,(H,15,18)(H,16,17). The Bertz CT molecular complexity index is 455. The van der Waals surface area contributed by atoms with Crippen LogP contribution >= 0.6 is 11.3 Å². The van der Waals surface area contributed by atoms with Crippen molar-refractivity contribution in [3.8, 4) is 0 Å². The highest BCUT2D eigenvalue weighted by Crippen LogP contribution is 2.25. The summed E-state index contributed by atoms with van der Waals surface area (Å²) >= 11 is 1.29. The first kappa shape index (κ1) is 15.1. The number of hydrogen-bond donors (Lipinski definition) is 3. The predicted octanol–water partition coefficient (Wildman–Crippen LogP) is 1.70. The highest BCUT2D eigenvalue weighted by Gasteiger charge is 2.18. The van der Waals surface area contributed by atoms with Crippen molar-refractivity contribution in [3.63, 3.8) is 0 Å². The molecule has 2 rings (SSSR count). The maximum absolute atomic E-state index is 12.1. The van der Waals surface area contributed by atoms with E-state index in [1.807, 2.05) is 13.8 Å². The van der Waals surface area contributed by atoms with Gasteiger partial charge in [-0.15, -0.1) is 0 Å². The summed E-state index contributed by atoms with van der Waals surface area (Å²) < 4.78 is 5.31. The molecule has 112 valence electrons. The molecule has 1 aromatic heterocycles. The molecule has 1 aromatic rings. The van der Waals surface area contributed by atoms with Crippen molar-refractivity contribution in [2.45, 2.75) is 32.7 Å². The monoisotopic (exact) mass is 298 g/mol. The minimum atomic E-state index is -0.143. The number of nitrogens with one attached hydrogen (secondary N) is 2. The summed E-state index contributed by atoms with van der Waals surface area (Å²) in [4.78, 5) is 16.7. The molecule has 1 aliphatic rings. The van der Waals surface area contributed by atoms with Gasteiger partial charge in [-0.05, 0) is 32.6 Å². The van der Waals surface area contributed by atoms with Gasteiger partial charge in [0.05, 0.1) is 0 Å². The van der Waals surface area contributed by atoms with Gasteiger partial charge in [-0.3, -0.25) is 4.79 Å². The van der Waals surface area contributed by atoms with E-state index in [0.717, 1.165) is 26.1 Å². The third kappa shape index (κ3) is 4.08. The third-order valence-electron chi connectivity index (χ3n) is 3.13. The summed E-state index contributed by atoms with van der Waals surface area (Å²) in [6.07, 6.45) is 2.03. The van der Waals surface area contributed by atoms with E-state index in [1.54, 1.807) is 0 Å². The van der Waals surface area contributed by atoms with E-state index in [1.165, 1.54) is 11.3 Å². The molecule has 1 saturated heterocycles. The van der Waals surface area contributed by atoms with Gasteiger partial charge >= 0.3 is 0 Å². The van der Waals surface area contributed by atoms with Crippen LogP contribution in [-0.4, -0.2) is 36.7 Å². The van der Waals surface area contributed by atoms with Crippen molar-refractivity contribution in [2.75, 3.05) is 30.8 Å². The van der Waals surface area contributed by atoms with Crippen LogP contribution in [0.1, 0.15) is 36.4 Å². The molecule has 7 heteroatoms. The first-order valence-corrected chi connectivity index (χ1v) is 7.76. The Labute approximate surface area is 123 Å². The first-order chi connectivity index (χ1) is 9.56. The predicted molar refractivity (Wildman–Crippen MR) is 81.2 cm³/mol. The number of aromatic nitrogens is 1. The molecule has 0 bridgehead atoms. The number of rotatable bonds is 6. The lowest BCUT2D eigenvalue weighted by atomic mass is 10.1. The van der Waals surface area contributed by atoms with Gasteiger partial charge in [0, 0.05) is 25.8 Å². The fourth-order valence-corrected chi connectivity index (χ4v) is 3.03. The van der Waals surface area contributed by atoms with Crippen molar-refractivity contribution < 1.29 is 9.53 Å². The second-order valence-corrected chi connectivity index (χ2v) is 6.31. The lowest BCUT2D eigenvalue weighted by molar-refractivity contribution is 0.0955. The smallest absolute Gasteiger partial charge is 0.265 e. The van der Waals surface area contributed by atoms with Crippen molar-refractivity contribution >= 4 is 28.2 Å². The Balaban J connectivity index is 1.83. The van der Waals surface area contributed by atoms with Crippen LogP contribution < -0.4 is 16.4 Å². The number of hydrogen-bond acceptors (Lipinski definition) is 6. The second kappa shape index (κ2) is 6.90. The Hall–Kier alpha value is -1.34. The molecule has 6 nitrogen and oxygen atoms in total. The maximum Gasteiger partial charge on any atom is 0.265 e. The van der Waals surface area contributed by atoms with Crippen LogP contribution in [0.3, 0.4) is 0 Å². The molecule has 1 unspecified atom stereocenters. The lowest BCUT2D eigenvalue weighted by Gasteiger charge is -2.08. The van der Waals surface area contributed by atoms with Crippen LogP contribution in [-0.2, 0) is 4.74 Å². The van der Waals surface area contributed by atoms with Crippen LogP contribution in [0.2, 0.25) is 0 Å². The SMILES string of the molecule is CC(C)Nc1nc(N)c(C(=O)NCCC2CCOC2)s1. The van der Waals surface area contributed by atoms with Gasteiger partial charge in [-0.25, -0.2) is 4.98 Å². The summed E-state index contributed by atoms with van der Waals surface area (Å²) in [6, 6.07) is 0.263. The minimum Gasteiger partial charge on any atom is -0.382 e. The van der Waals surface area contributed by atoms with Crippen LogP contribution in [0.4, 0.5) is 10.9 Å². The molecule has 1 amide bonds. The number of nitrogens with zero attached hydrogens (tertiary/aromatic N) is 1. The van der Waals surface area contributed by atoms with Gasteiger partial charge in [0.15, 0.2) is 5.13 Å². The van der Waals surface area contributed by atoms with Crippen molar-refractivity contribution in [1.82, 2.24) is 10.3 Å².